The van der Waals surface area contributed by atoms with Crippen LogP contribution in [0.5, 0.6) is 11.5 Å². The monoisotopic (exact) mass is 418 g/mol. The zero-order valence-electron chi connectivity index (χ0n) is 17.2. The van der Waals surface area contributed by atoms with Crippen LogP contribution >= 0.6 is 0 Å². The Kier molecular flexibility index (Phi) is 7.39. The van der Waals surface area contributed by atoms with E-state index in [1.165, 1.54) is 50.8 Å². The fraction of sp³-hybridized carbons (Fsp3) is 0.455. The highest BCUT2D eigenvalue weighted by Crippen LogP contribution is 2.28. The second-order valence-electron chi connectivity index (χ2n) is 7.23. The van der Waals surface area contributed by atoms with E-state index in [-0.39, 0.29) is 10.6 Å². The summed E-state index contributed by atoms with van der Waals surface area (Å²) in [4.78, 5) is 2.55. The molecule has 0 aromatic heterocycles. The lowest BCUT2D eigenvalue weighted by atomic mass is 10.1. The van der Waals surface area contributed by atoms with E-state index < -0.39 is 10.0 Å². The Balaban J connectivity index is 1.52. The van der Waals surface area contributed by atoms with Gasteiger partial charge in [-0.05, 0) is 61.9 Å². The maximum absolute atomic E-state index is 12.6. The van der Waals surface area contributed by atoms with Crippen molar-refractivity contribution in [3.63, 3.8) is 0 Å². The van der Waals surface area contributed by atoms with Gasteiger partial charge in [0.25, 0.3) is 0 Å². The van der Waals surface area contributed by atoms with E-state index in [1.807, 2.05) is 0 Å². The highest BCUT2D eigenvalue weighted by atomic mass is 32.2. The van der Waals surface area contributed by atoms with Gasteiger partial charge in [-0.2, -0.15) is 0 Å². The highest BCUT2D eigenvalue weighted by molar-refractivity contribution is 7.89. The predicted octanol–water partition coefficient (Wildman–Crippen LogP) is 3.61. The van der Waals surface area contributed by atoms with E-state index in [0.29, 0.717) is 12.3 Å². The number of benzene rings is 2. The minimum Gasteiger partial charge on any atom is -0.497 e. The van der Waals surface area contributed by atoms with Crippen LogP contribution in [0.3, 0.4) is 0 Å². The van der Waals surface area contributed by atoms with Crippen molar-refractivity contribution in [3.8, 4) is 11.5 Å². The van der Waals surface area contributed by atoms with Crippen LogP contribution in [0.4, 0.5) is 5.69 Å². The van der Waals surface area contributed by atoms with Gasteiger partial charge in [0.1, 0.15) is 16.4 Å². The average Bonchev–Trinajstić information content (AvgIpc) is 2.77. The highest BCUT2D eigenvalue weighted by Gasteiger charge is 2.19. The van der Waals surface area contributed by atoms with Gasteiger partial charge in [-0.15, -0.1) is 0 Å². The van der Waals surface area contributed by atoms with E-state index in [9.17, 15) is 8.42 Å². The maximum Gasteiger partial charge on any atom is 0.244 e. The van der Waals surface area contributed by atoms with E-state index in [1.54, 1.807) is 12.1 Å². The van der Waals surface area contributed by atoms with Gasteiger partial charge in [0, 0.05) is 31.4 Å². The number of hydrogen-bond acceptors (Lipinski definition) is 5. The Morgan fingerprint density at radius 3 is 2.34 bits per heavy atom. The van der Waals surface area contributed by atoms with Crippen LogP contribution in [0.15, 0.2) is 47.4 Å². The standard InChI is InChI=1S/C22H30N2O4S/c1-27-20-12-13-22(21(17-20)28-2)29(25,26)23-14-6-7-18-8-10-19(11-9-18)24-15-4-3-5-16-24/h8-13,17,23H,3-7,14-16H2,1-2H3. The summed E-state index contributed by atoms with van der Waals surface area (Å²) in [5, 5.41) is 0. The van der Waals surface area contributed by atoms with Crippen LogP contribution in [0.1, 0.15) is 31.2 Å². The first-order chi connectivity index (χ1) is 14.0. The third-order valence-electron chi connectivity index (χ3n) is 5.25. The zero-order chi connectivity index (χ0) is 20.7. The minimum absolute atomic E-state index is 0.117. The minimum atomic E-state index is -3.64. The molecule has 1 aliphatic heterocycles. The lowest BCUT2D eigenvalue weighted by Crippen LogP contribution is -2.29. The Morgan fingerprint density at radius 2 is 1.69 bits per heavy atom. The summed E-state index contributed by atoms with van der Waals surface area (Å²) in [7, 11) is -0.667. The summed E-state index contributed by atoms with van der Waals surface area (Å²) < 4.78 is 38.2. The molecule has 1 fully saturated rings. The lowest BCUT2D eigenvalue weighted by Gasteiger charge is -2.28. The number of methoxy groups -OCH3 is 2. The topological polar surface area (TPSA) is 67.9 Å². The molecule has 0 unspecified atom stereocenters. The van der Waals surface area contributed by atoms with Gasteiger partial charge in [-0.1, -0.05) is 12.1 Å². The molecule has 2 aromatic carbocycles. The van der Waals surface area contributed by atoms with E-state index in [2.05, 4.69) is 33.9 Å². The first-order valence-corrected chi connectivity index (χ1v) is 11.6. The molecule has 7 heteroatoms. The number of piperidine rings is 1. The molecule has 1 aliphatic rings. The third kappa shape index (κ3) is 5.64. The van der Waals surface area contributed by atoms with Crippen LogP contribution in [0.25, 0.3) is 0 Å². The van der Waals surface area contributed by atoms with Gasteiger partial charge < -0.3 is 14.4 Å². The van der Waals surface area contributed by atoms with Gasteiger partial charge in [-0.25, -0.2) is 13.1 Å². The SMILES string of the molecule is COc1ccc(S(=O)(=O)NCCCc2ccc(N3CCCCC3)cc2)c(OC)c1. The summed E-state index contributed by atoms with van der Waals surface area (Å²) in [6.07, 6.45) is 5.40. The molecule has 6 nitrogen and oxygen atoms in total. The number of sulfonamides is 1. The molecular formula is C22H30N2O4S. The van der Waals surface area contributed by atoms with Crippen molar-refractivity contribution >= 4 is 15.7 Å². The van der Waals surface area contributed by atoms with Gasteiger partial charge in [0.2, 0.25) is 10.0 Å². The number of aryl methyl sites for hydroxylation is 1. The summed E-state index contributed by atoms with van der Waals surface area (Å²) >= 11 is 0. The number of anilines is 1. The molecule has 2 aromatic rings. The Hall–Kier alpha value is -2.25. The second-order valence-corrected chi connectivity index (χ2v) is 8.97. The molecule has 1 N–H and O–H groups in total. The Labute approximate surface area is 173 Å². The number of ether oxygens (including phenoxy) is 2. The summed E-state index contributed by atoms with van der Waals surface area (Å²) in [5.74, 6) is 0.818. The van der Waals surface area contributed by atoms with Gasteiger partial charge in [-0.3, -0.25) is 0 Å². The van der Waals surface area contributed by atoms with Crippen molar-refractivity contribution in [2.75, 3.05) is 38.8 Å². The molecule has 0 aliphatic carbocycles. The molecule has 3 rings (SSSR count). The molecular weight excluding hydrogens is 388 g/mol. The van der Waals surface area contributed by atoms with Crippen molar-refractivity contribution in [3.05, 3.63) is 48.0 Å². The Bertz CT molecular complexity index is 892. The first kappa shape index (κ1) is 21.5. The third-order valence-corrected chi connectivity index (χ3v) is 6.75. The predicted molar refractivity (Wildman–Crippen MR) is 116 cm³/mol. The van der Waals surface area contributed by atoms with Crippen LogP contribution in [-0.2, 0) is 16.4 Å². The number of nitrogens with zero attached hydrogens (tertiary/aromatic N) is 1. The van der Waals surface area contributed by atoms with Crippen LogP contribution in [0, 0.1) is 0 Å². The number of rotatable bonds is 9. The van der Waals surface area contributed by atoms with Gasteiger partial charge in [0.15, 0.2) is 0 Å². The molecule has 0 radical (unpaired) electrons. The van der Waals surface area contributed by atoms with Crippen molar-refractivity contribution in [2.45, 2.75) is 37.0 Å². The normalized spacial score (nSPS) is 14.6. The summed E-state index contributed by atoms with van der Waals surface area (Å²) in [6.45, 7) is 2.64. The van der Waals surface area contributed by atoms with Crippen LogP contribution in [0.2, 0.25) is 0 Å². The number of nitrogens with one attached hydrogen (secondary N) is 1. The fourth-order valence-corrected chi connectivity index (χ4v) is 4.82. The second kappa shape index (κ2) is 9.98. The number of hydrogen-bond donors (Lipinski definition) is 1. The fourth-order valence-electron chi connectivity index (χ4n) is 3.60. The van der Waals surface area contributed by atoms with Gasteiger partial charge in [0.05, 0.1) is 14.2 Å². The maximum atomic E-state index is 12.6. The Morgan fingerprint density at radius 1 is 0.966 bits per heavy atom. The molecule has 0 saturated carbocycles. The molecule has 0 bridgehead atoms. The van der Waals surface area contributed by atoms with Crippen molar-refractivity contribution < 1.29 is 17.9 Å². The quantitative estimate of drug-likeness (QED) is 0.630. The van der Waals surface area contributed by atoms with E-state index >= 15 is 0 Å². The lowest BCUT2D eigenvalue weighted by molar-refractivity contribution is 0.386. The first-order valence-electron chi connectivity index (χ1n) is 10.1. The van der Waals surface area contributed by atoms with Gasteiger partial charge >= 0.3 is 0 Å². The largest absolute Gasteiger partial charge is 0.497 e. The van der Waals surface area contributed by atoms with Crippen LogP contribution in [-0.4, -0.2) is 42.3 Å². The van der Waals surface area contributed by atoms with E-state index in [4.69, 9.17) is 9.47 Å². The summed E-state index contributed by atoms with van der Waals surface area (Å²) in [5.41, 5.74) is 2.49. The summed E-state index contributed by atoms with van der Waals surface area (Å²) in [6, 6.07) is 13.3. The van der Waals surface area contributed by atoms with Crippen molar-refractivity contribution in [2.24, 2.45) is 0 Å². The van der Waals surface area contributed by atoms with Crippen LogP contribution < -0.4 is 19.1 Å². The molecule has 1 saturated heterocycles. The average molecular weight is 419 g/mol. The zero-order valence-corrected chi connectivity index (χ0v) is 18.0. The molecule has 0 amide bonds. The van der Waals surface area contributed by atoms with E-state index in [0.717, 1.165) is 25.9 Å². The smallest absolute Gasteiger partial charge is 0.244 e. The molecule has 158 valence electrons. The molecule has 29 heavy (non-hydrogen) atoms. The molecule has 0 atom stereocenters. The van der Waals surface area contributed by atoms with Crippen molar-refractivity contribution in [1.29, 1.82) is 0 Å². The molecule has 1 heterocycles. The molecule has 0 spiro atoms. The van der Waals surface area contributed by atoms with Crippen molar-refractivity contribution in [1.82, 2.24) is 4.72 Å².